The van der Waals surface area contributed by atoms with Gasteiger partial charge in [0.1, 0.15) is 0 Å². The number of hydrogen-bond acceptors (Lipinski definition) is 3. The molecule has 20 heavy (non-hydrogen) atoms. The zero-order valence-electron chi connectivity index (χ0n) is 12.1. The van der Waals surface area contributed by atoms with Crippen molar-refractivity contribution >= 4 is 12.2 Å². The molecule has 0 atom stereocenters. The van der Waals surface area contributed by atoms with Gasteiger partial charge in [0.15, 0.2) is 5.82 Å². The van der Waals surface area contributed by atoms with E-state index in [1.54, 1.807) is 0 Å². The van der Waals surface area contributed by atoms with Gasteiger partial charge in [0.25, 0.3) is 5.56 Å². The van der Waals surface area contributed by atoms with Crippen molar-refractivity contribution in [3.05, 3.63) is 32.4 Å². The molecule has 0 unspecified atom stereocenters. The largest absolute Gasteiger partial charge is 0.312 e. The van der Waals surface area contributed by atoms with Crippen LogP contribution in [0.5, 0.6) is 0 Å². The molecular weight excluding hydrogens is 272 g/mol. The number of aromatic nitrogens is 4. The summed E-state index contributed by atoms with van der Waals surface area (Å²) in [5.41, 5.74) is 2.49. The van der Waals surface area contributed by atoms with E-state index >= 15 is 0 Å². The molecule has 2 rings (SSSR count). The molecule has 0 aliphatic carbocycles. The van der Waals surface area contributed by atoms with Crippen molar-refractivity contribution in [2.45, 2.75) is 46.6 Å². The summed E-state index contributed by atoms with van der Waals surface area (Å²) in [5, 5.41) is 5.60. The lowest BCUT2D eigenvalue weighted by atomic mass is 10.1. The van der Waals surface area contributed by atoms with E-state index < -0.39 is 0 Å². The molecule has 2 aromatic heterocycles. The van der Waals surface area contributed by atoms with Gasteiger partial charge in [0.2, 0.25) is 4.77 Å². The van der Waals surface area contributed by atoms with Crippen LogP contribution in [0.1, 0.15) is 37.4 Å². The second kappa shape index (κ2) is 6.17. The summed E-state index contributed by atoms with van der Waals surface area (Å²) in [4.78, 5) is 16.8. The first-order chi connectivity index (χ1) is 9.54. The van der Waals surface area contributed by atoms with Gasteiger partial charge in [-0.2, -0.15) is 4.98 Å². The number of rotatable bonds is 5. The average molecular weight is 292 g/mol. The Kier molecular flexibility index (Phi) is 4.54. The third-order valence-electron chi connectivity index (χ3n) is 3.43. The Morgan fingerprint density at radius 1 is 1.30 bits per heavy atom. The van der Waals surface area contributed by atoms with E-state index in [0.29, 0.717) is 16.2 Å². The van der Waals surface area contributed by atoms with Gasteiger partial charge in [0, 0.05) is 12.2 Å². The summed E-state index contributed by atoms with van der Waals surface area (Å²) in [7, 11) is 0. The first kappa shape index (κ1) is 14.7. The van der Waals surface area contributed by atoms with Crippen molar-refractivity contribution in [1.29, 1.82) is 0 Å². The number of H-pyrrole nitrogens is 2. The summed E-state index contributed by atoms with van der Waals surface area (Å²) >= 11 is 4.96. The lowest BCUT2D eigenvalue weighted by molar-refractivity contribution is 0.576. The quantitative estimate of drug-likeness (QED) is 0.657. The third-order valence-corrected chi connectivity index (χ3v) is 3.62. The Balaban J connectivity index is 2.50. The smallest absolute Gasteiger partial charge is 0.262 e. The summed E-state index contributed by atoms with van der Waals surface area (Å²) < 4.78 is 2.18. The maximum Gasteiger partial charge on any atom is 0.262 e. The van der Waals surface area contributed by atoms with Crippen LogP contribution >= 0.6 is 12.2 Å². The number of pyridine rings is 1. The van der Waals surface area contributed by atoms with E-state index in [1.165, 1.54) is 0 Å². The SMILES string of the molecule is CCCCCn1c(C)cc(C)c(-c2nc(=S)[nH][nH]2)c1=O. The molecule has 108 valence electrons. The Labute approximate surface area is 123 Å². The minimum absolute atomic E-state index is 0.00338. The number of hydrogen-bond donors (Lipinski definition) is 2. The average Bonchev–Trinajstić information content (AvgIpc) is 2.79. The van der Waals surface area contributed by atoms with Crippen LogP contribution in [0.15, 0.2) is 10.9 Å². The molecule has 2 heterocycles. The molecule has 0 saturated heterocycles. The lowest BCUT2D eigenvalue weighted by Gasteiger charge is -2.13. The van der Waals surface area contributed by atoms with Crippen molar-refractivity contribution in [3.8, 4) is 11.4 Å². The van der Waals surface area contributed by atoms with Gasteiger partial charge in [0.05, 0.1) is 5.56 Å². The minimum Gasteiger partial charge on any atom is -0.312 e. The van der Waals surface area contributed by atoms with Gasteiger partial charge in [-0.15, -0.1) is 0 Å². The predicted octanol–water partition coefficient (Wildman–Crippen LogP) is 3.10. The zero-order valence-corrected chi connectivity index (χ0v) is 12.9. The van der Waals surface area contributed by atoms with Gasteiger partial charge in [-0.05, 0) is 44.1 Å². The summed E-state index contributed by atoms with van der Waals surface area (Å²) in [5.74, 6) is 0.516. The van der Waals surface area contributed by atoms with Crippen LogP contribution in [0, 0.1) is 18.6 Å². The molecule has 0 fully saturated rings. The highest BCUT2D eigenvalue weighted by Gasteiger charge is 2.14. The molecule has 0 saturated carbocycles. The highest BCUT2D eigenvalue weighted by molar-refractivity contribution is 7.71. The normalized spacial score (nSPS) is 10.9. The van der Waals surface area contributed by atoms with Crippen LogP contribution < -0.4 is 5.56 Å². The van der Waals surface area contributed by atoms with Crippen LogP contribution in [0.25, 0.3) is 11.4 Å². The Bertz CT molecular complexity index is 711. The fourth-order valence-electron chi connectivity index (χ4n) is 2.40. The van der Waals surface area contributed by atoms with Crippen LogP contribution in [0.2, 0.25) is 0 Å². The molecule has 6 heteroatoms. The van der Waals surface area contributed by atoms with E-state index in [0.717, 1.165) is 37.1 Å². The first-order valence-corrected chi connectivity index (χ1v) is 7.31. The number of nitrogens with zero attached hydrogens (tertiary/aromatic N) is 2. The van der Waals surface area contributed by atoms with Crippen molar-refractivity contribution < 1.29 is 0 Å². The fraction of sp³-hybridized carbons (Fsp3) is 0.500. The molecule has 2 aromatic rings. The Hall–Kier alpha value is -1.69. The second-order valence-corrected chi connectivity index (χ2v) is 5.41. The van der Waals surface area contributed by atoms with Crippen molar-refractivity contribution in [2.75, 3.05) is 0 Å². The Morgan fingerprint density at radius 2 is 2.05 bits per heavy atom. The number of nitrogens with one attached hydrogen (secondary N) is 2. The predicted molar refractivity (Wildman–Crippen MR) is 82.5 cm³/mol. The van der Waals surface area contributed by atoms with Gasteiger partial charge in [-0.1, -0.05) is 19.8 Å². The number of aromatic amines is 2. The molecule has 5 nitrogen and oxygen atoms in total. The lowest BCUT2D eigenvalue weighted by Crippen LogP contribution is -2.25. The molecule has 2 N–H and O–H groups in total. The van der Waals surface area contributed by atoms with E-state index in [2.05, 4.69) is 22.1 Å². The summed E-state index contributed by atoms with van der Waals surface area (Å²) in [6, 6.07) is 2.02. The molecule has 0 bridgehead atoms. The number of aryl methyl sites for hydroxylation is 2. The highest BCUT2D eigenvalue weighted by atomic mass is 32.1. The topological polar surface area (TPSA) is 66.5 Å². The number of unbranched alkanes of at least 4 members (excludes halogenated alkanes) is 2. The monoisotopic (exact) mass is 292 g/mol. The second-order valence-electron chi connectivity index (χ2n) is 5.02. The van der Waals surface area contributed by atoms with Crippen LogP contribution in [-0.2, 0) is 6.54 Å². The molecule has 0 aromatic carbocycles. The minimum atomic E-state index is -0.00338. The standard InChI is InChI=1S/C14H20N4OS/c1-4-5-6-7-18-10(3)8-9(2)11(13(18)19)12-15-14(20)17-16-12/h8H,4-7H2,1-3H3,(H2,15,16,17,20). The van der Waals surface area contributed by atoms with E-state index in [-0.39, 0.29) is 5.56 Å². The van der Waals surface area contributed by atoms with E-state index in [9.17, 15) is 4.79 Å². The Morgan fingerprint density at radius 3 is 2.65 bits per heavy atom. The molecule has 0 spiro atoms. The van der Waals surface area contributed by atoms with Crippen LogP contribution in [-0.4, -0.2) is 19.7 Å². The van der Waals surface area contributed by atoms with Crippen LogP contribution in [0.3, 0.4) is 0 Å². The first-order valence-electron chi connectivity index (χ1n) is 6.90. The highest BCUT2D eigenvalue weighted by Crippen LogP contribution is 2.16. The maximum absolute atomic E-state index is 12.7. The molecular formula is C14H20N4OS. The molecule has 0 radical (unpaired) electrons. The van der Waals surface area contributed by atoms with E-state index in [4.69, 9.17) is 12.2 Å². The zero-order chi connectivity index (χ0) is 14.7. The summed E-state index contributed by atoms with van der Waals surface area (Å²) in [6.07, 6.45) is 3.27. The van der Waals surface area contributed by atoms with Crippen LogP contribution in [0.4, 0.5) is 0 Å². The summed E-state index contributed by atoms with van der Waals surface area (Å²) in [6.45, 7) is 6.79. The van der Waals surface area contributed by atoms with Gasteiger partial charge < -0.3 is 4.57 Å². The maximum atomic E-state index is 12.7. The van der Waals surface area contributed by atoms with Crippen molar-refractivity contribution in [1.82, 2.24) is 19.7 Å². The van der Waals surface area contributed by atoms with Gasteiger partial charge >= 0.3 is 0 Å². The third kappa shape index (κ3) is 2.90. The van der Waals surface area contributed by atoms with Gasteiger partial charge in [-0.25, -0.2) is 0 Å². The van der Waals surface area contributed by atoms with E-state index in [1.807, 2.05) is 24.5 Å². The van der Waals surface area contributed by atoms with Crippen molar-refractivity contribution in [2.24, 2.45) is 0 Å². The fourth-order valence-corrected chi connectivity index (χ4v) is 2.54. The van der Waals surface area contributed by atoms with Crippen molar-refractivity contribution in [3.63, 3.8) is 0 Å². The molecule has 0 aliphatic heterocycles. The molecule has 0 amide bonds. The molecule has 0 aliphatic rings. The van der Waals surface area contributed by atoms with Gasteiger partial charge in [-0.3, -0.25) is 15.0 Å².